The molecule has 0 aliphatic rings. The fourth-order valence-corrected chi connectivity index (χ4v) is 1.82. The SMILES string of the molecule is CC(C)(N)C(=O)OCc1ccccc1.CC(C)(N)C(=O)OCc1ccccc1.Cl. The van der Waals surface area contributed by atoms with Crippen LogP contribution in [0.4, 0.5) is 0 Å². The maximum atomic E-state index is 11.3. The lowest BCUT2D eigenvalue weighted by molar-refractivity contribution is -0.150. The van der Waals surface area contributed by atoms with Gasteiger partial charge >= 0.3 is 11.9 Å². The zero-order valence-electron chi connectivity index (χ0n) is 17.4. The van der Waals surface area contributed by atoms with Crippen LogP contribution in [-0.2, 0) is 32.3 Å². The topological polar surface area (TPSA) is 105 Å². The van der Waals surface area contributed by atoms with Crippen molar-refractivity contribution in [1.82, 2.24) is 0 Å². The molecule has 0 saturated heterocycles. The molecule has 0 spiro atoms. The summed E-state index contributed by atoms with van der Waals surface area (Å²) in [6.45, 7) is 7.06. The van der Waals surface area contributed by atoms with Crippen LogP contribution in [0.25, 0.3) is 0 Å². The van der Waals surface area contributed by atoms with Gasteiger partial charge in [0, 0.05) is 0 Å². The second-order valence-corrected chi connectivity index (χ2v) is 7.57. The Labute approximate surface area is 179 Å². The molecule has 0 aliphatic carbocycles. The van der Waals surface area contributed by atoms with E-state index in [1.54, 1.807) is 27.7 Å². The van der Waals surface area contributed by atoms with Crippen LogP contribution in [-0.4, -0.2) is 23.0 Å². The molecule has 160 valence electrons. The quantitative estimate of drug-likeness (QED) is 0.691. The molecule has 6 nitrogen and oxygen atoms in total. The lowest BCUT2D eigenvalue weighted by Gasteiger charge is -2.16. The predicted molar refractivity (Wildman–Crippen MR) is 116 cm³/mol. The average molecular weight is 423 g/mol. The van der Waals surface area contributed by atoms with Crippen molar-refractivity contribution in [2.24, 2.45) is 11.5 Å². The molecule has 4 N–H and O–H groups in total. The van der Waals surface area contributed by atoms with Crippen molar-refractivity contribution in [3.05, 3.63) is 71.8 Å². The molecular formula is C22H31ClN2O4. The van der Waals surface area contributed by atoms with Gasteiger partial charge in [-0.2, -0.15) is 0 Å². The number of rotatable bonds is 6. The molecule has 2 aromatic rings. The van der Waals surface area contributed by atoms with E-state index in [0.29, 0.717) is 0 Å². The molecular weight excluding hydrogens is 392 g/mol. The summed E-state index contributed by atoms with van der Waals surface area (Å²) in [5.74, 6) is -0.775. The first kappa shape index (κ1) is 26.6. The van der Waals surface area contributed by atoms with Crippen LogP contribution in [0, 0.1) is 0 Å². The summed E-state index contributed by atoms with van der Waals surface area (Å²) in [4.78, 5) is 22.6. The molecule has 0 aromatic heterocycles. The van der Waals surface area contributed by atoms with E-state index in [0.717, 1.165) is 11.1 Å². The third-order valence-corrected chi connectivity index (χ3v) is 3.48. The van der Waals surface area contributed by atoms with Crippen LogP contribution in [0.2, 0.25) is 0 Å². The number of esters is 2. The number of nitrogens with two attached hydrogens (primary N) is 2. The summed E-state index contributed by atoms with van der Waals surface area (Å²) < 4.78 is 10.1. The molecule has 0 saturated carbocycles. The van der Waals surface area contributed by atoms with E-state index in [1.165, 1.54) is 0 Å². The van der Waals surface area contributed by atoms with Gasteiger partial charge in [0.1, 0.15) is 24.3 Å². The van der Waals surface area contributed by atoms with Crippen molar-refractivity contribution >= 4 is 24.3 Å². The highest BCUT2D eigenvalue weighted by atomic mass is 35.5. The van der Waals surface area contributed by atoms with Crippen LogP contribution < -0.4 is 11.5 Å². The molecule has 2 aromatic carbocycles. The summed E-state index contributed by atoms with van der Waals surface area (Å²) in [5.41, 5.74) is 11.2. The van der Waals surface area contributed by atoms with Crippen LogP contribution in [0.5, 0.6) is 0 Å². The highest BCUT2D eigenvalue weighted by molar-refractivity contribution is 5.85. The zero-order valence-corrected chi connectivity index (χ0v) is 18.2. The Bertz CT molecular complexity index is 673. The number of halogens is 1. The second-order valence-electron chi connectivity index (χ2n) is 7.57. The van der Waals surface area contributed by atoms with Gasteiger partial charge in [0.2, 0.25) is 0 Å². The smallest absolute Gasteiger partial charge is 0.325 e. The number of carbonyl (C=O) groups excluding carboxylic acids is 2. The molecule has 29 heavy (non-hydrogen) atoms. The molecule has 0 bridgehead atoms. The molecule has 0 radical (unpaired) electrons. The van der Waals surface area contributed by atoms with Gasteiger partial charge in [-0.1, -0.05) is 60.7 Å². The van der Waals surface area contributed by atoms with Crippen LogP contribution in [0.3, 0.4) is 0 Å². The third-order valence-electron chi connectivity index (χ3n) is 3.48. The minimum absolute atomic E-state index is 0. The van der Waals surface area contributed by atoms with Gasteiger partial charge in [-0.25, -0.2) is 0 Å². The monoisotopic (exact) mass is 422 g/mol. The predicted octanol–water partition coefficient (Wildman–Crippen LogP) is 3.36. The fraction of sp³-hybridized carbons (Fsp3) is 0.364. The largest absolute Gasteiger partial charge is 0.459 e. The summed E-state index contributed by atoms with van der Waals surface area (Å²) in [5, 5.41) is 0. The summed E-state index contributed by atoms with van der Waals surface area (Å²) in [7, 11) is 0. The standard InChI is InChI=1S/2C11H15NO2.ClH/c2*1-11(2,12)10(13)14-8-9-6-4-3-5-7-9;/h2*3-7H,8,12H2,1-2H3;1H. The van der Waals surface area contributed by atoms with E-state index in [9.17, 15) is 9.59 Å². The van der Waals surface area contributed by atoms with Crippen LogP contribution in [0.1, 0.15) is 38.8 Å². The van der Waals surface area contributed by atoms with Crippen molar-refractivity contribution < 1.29 is 19.1 Å². The molecule has 0 amide bonds. The van der Waals surface area contributed by atoms with Gasteiger partial charge in [0.25, 0.3) is 0 Å². The molecule has 7 heteroatoms. The Morgan fingerprint density at radius 2 is 0.966 bits per heavy atom. The Morgan fingerprint density at radius 3 is 1.21 bits per heavy atom. The Hall–Kier alpha value is -2.41. The molecule has 0 heterocycles. The van der Waals surface area contributed by atoms with E-state index in [4.69, 9.17) is 20.9 Å². The molecule has 2 rings (SSSR count). The van der Waals surface area contributed by atoms with Gasteiger partial charge in [0.15, 0.2) is 0 Å². The summed E-state index contributed by atoms with van der Waals surface area (Å²) in [6, 6.07) is 19.0. The molecule has 0 aliphatic heterocycles. The number of carbonyl (C=O) groups is 2. The molecule has 0 unspecified atom stereocenters. The van der Waals surface area contributed by atoms with Crippen molar-refractivity contribution in [3.63, 3.8) is 0 Å². The van der Waals surface area contributed by atoms with Crippen molar-refractivity contribution in [1.29, 1.82) is 0 Å². The highest BCUT2D eigenvalue weighted by Crippen LogP contribution is 2.06. The summed E-state index contributed by atoms with van der Waals surface area (Å²) >= 11 is 0. The van der Waals surface area contributed by atoms with Gasteiger partial charge in [-0.05, 0) is 38.8 Å². The first-order valence-electron chi connectivity index (χ1n) is 9.00. The lowest BCUT2D eigenvalue weighted by Crippen LogP contribution is -2.42. The average Bonchev–Trinajstić information content (AvgIpc) is 2.64. The van der Waals surface area contributed by atoms with Crippen LogP contribution >= 0.6 is 12.4 Å². The number of hydrogen-bond acceptors (Lipinski definition) is 6. The van der Waals surface area contributed by atoms with Crippen molar-refractivity contribution in [2.45, 2.75) is 52.0 Å². The first-order chi connectivity index (χ1) is 13.0. The maximum absolute atomic E-state index is 11.3. The Kier molecular flexibility index (Phi) is 11.2. The number of benzene rings is 2. The molecule has 0 fully saturated rings. The Morgan fingerprint density at radius 1 is 0.690 bits per heavy atom. The van der Waals surface area contributed by atoms with E-state index in [2.05, 4.69) is 0 Å². The third kappa shape index (κ3) is 11.2. The minimum atomic E-state index is -0.922. The van der Waals surface area contributed by atoms with Crippen molar-refractivity contribution in [3.8, 4) is 0 Å². The van der Waals surface area contributed by atoms with E-state index in [1.807, 2.05) is 60.7 Å². The van der Waals surface area contributed by atoms with E-state index >= 15 is 0 Å². The summed E-state index contributed by atoms with van der Waals surface area (Å²) in [6.07, 6.45) is 0. The lowest BCUT2D eigenvalue weighted by atomic mass is 10.1. The van der Waals surface area contributed by atoms with Gasteiger partial charge in [-0.15, -0.1) is 12.4 Å². The number of hydrogen-bond donors (Lipinski definition) is 2. The van der Waals surface area contributed by atoms with E-state index < -0.39 is 11.1 Å². The van der Waals surface area contributed by atoms with Gasteiger partial charge in [-0.3, -0.25) is 9.59 Å². The first-order valence-corrected chi connectivity index (χ1v) is 9.00. The maximum Gasteiger partial charge on any atom is 0.325 e. The van der Waals surface area contributed by atoms with Gasteiger partial charge < -0.3 is 20.9 Å². The fourth-order valence-electron chi connectivity index (χ4n) is 1.82. The van der Waals surface area contributed by atoms with Crippen LogP contribution in [0.15, 0.2) is 60.7 Å². The van der Waals surface area contributed by atoms with Crippen molar-refractivity contribution in [2.75, 3.05) is 0 Å². The second kappa shape index (κ2) is 12.2. The Balaban J connectivity index is 0.000000523. The highest BCUT2D eigenvalue weighted by Gasteiger charge is 2.24. The van der Waals surface area contributed by atoms with E-state index in [-0.39, 0.29) is 37.6 Å². The normalized spacial score (nSPS) is 10.7. The molecule has 0 atom stereocenters. The minimum Gasteiger partial charge on any atom is -0.459 e. The van der Waals surface area contributed by atoms with Gasteiger partial charge in [0.05, 0.1) is 0 Å². The number of ether oxygens (including phenoxy) is 2. The zero-order chi connectivity index (χ0) is 21.2.